The number of hydrogen-bond acceptors (Lipinski definition) is 7. The van der Waals surface area contributed by atoms with Crippen LogP contribution in [-0.4, -0.2) is 53.6 Å². The number of aryl methyl sites for hydroxylation is 1. The minimum Gasteiger partial charge on any atom is -0.508 e. The predicted octanol–water partition coefficient (Wildman–Crippen LogP) is 6.56. The third kappa shape index (κ3) is 10.6. The summed E-state index contributed by atoms with van der Waals surface area (Å²) in [5.41, 5.74) is 14.7. The summed E-state index contributed by atoms with van der Waals surface area (Å²) < 4.78 is 12.3. The molecule has 2 aromatic carbocycles. The number of guanidine groups is 1. The van der Waals surface area contributed by atoms with Crippen molar-refractivity contribution in [3.8, 4) is 29.1 Å². The van der Waals surface area contributed by atoms with Crippen molar-refractivity contribution in [1.82, 2.24) is 0 Å². The van der Waals surface area contributed by atoms with Crippen molar-refractivity contribution in [3.63, 3.8) is 0 Å². The van der Waals surface area contributed by atoms with Crippen molar-refractivity contribution in [2.24, 2.45) is 22.4 Å². The third-order valence-electron chi connectivity index (χ3n) is 9.62. The molecule has 6 N–H and O–H groups in total. The highest BCUT2D eigenvalue weighted by Gasteiger charge is 2.34. The Balaban J connectivity index is 1.99. The summed E-state index contributed by atoms with van der Waals surface area (Å²) in [6, 6.07) is 8.33. The number of fused-ring (bicyclic) bond motifs is 1. The quantitative estimate of drug-likeness (QED) is 0.0717. The minimum absolute atomic E-state index is 0.0113. The Kier molecular flexibility index (Phi) is 14.1. The highest BCUT2D eigenvalue weighted by Crippen LogP contribution is 2.47. The second kappa shape index (κ2) is 18.5. The normalized spacial score (nSPS) is 21.0. The van der Waals surface area contributed by atoms with Gasteiger partial charge in [0.25, 0.3) is 0 Å². The molecule has 1 unspecified atom stereocenters. The van der Waals surface area contributed by atoms with Gasteiger partial charge in [-0.2, -0.15) is 0 Å². The Bertz CT molecular complexity index is 1560. The number of carbonyl (C=O) groups excluding carboxylic acids is 2. The molecule has 264 valence electrons. The fraction of sp³-hybridized carbons (Fsp3) is 0.525. The fourth-order valence-electron chi connectivity index (χ4n) is 7.17. The number of carbonyl (C=O) groups is 2. The van der Waals surface area contributed by atoms with Crippen LogP contribution in [0.3, 0.4) is 0 Å². The zero-order valence-electron chi connectivity index (χ0n) is 29.2. The van der Waals surface area contributed by atoms with Crippen LogP contribution in [0.4, 0.5) is 0 Å². The van der Waals surface area contributed by atoms with E-state index in [-0.39, 0.29) is 53.4 Å². The predicted molar refractivity (Wildman–Crippen MR) is 193 cm³/mol. The Labute approximate surface area is 291 Å². The number of Topliss-reactive ketones (excluding diaryl/α,β-unsaturated/α-hetero) is 1. The molecule has 2 aliphatic carbocycles. The van der Waals surface area contributed by atoms with E-state index in [2.05, 4.69) is 23.8 Å². The van der Waals surface area contributed by atoms with Gasteiger partial charge < -0.3 is 35.9 Å². The minimum atomic E-state index is -0.498. The molecule has 0 heterocycles. The third-order valence-corrected chi connectivity index (χ3v) is 9.62. The topological polar surface area (TPSA) is 157 Å². The molecule has 0 radical (unpaired) electrons. The van der Waals surface area contributed by atoms with Crippen molar-refractivity contribution >= 4 is 17.5 Å². The van der Waals surface area contributed by atoms with E-state index in [1.54, 1.807) is 38.3 Å². The molecule has 1 saturated carbocycles. The number of phenolic OH excluding ortho intramolecular Hbond substituents is 2. The number of ketones is 2. The molecule has 9 heteroatoms. The number of hydrogen-bond donors (Lipinski definition) is 4. The summed E-state index contributed by atoms with van der Waals surface area (Å²) in [7, 11) is 1.65. The maximum atomic E-state index is 13.0. The van der Waals surface area contributed by atoms with Crippen LogP contribution < -0.4 is 16.2 Å². The molecule has 9 nitrogen and oxygen atoms in total. The first-order valence-corrected chi connectivity index (χ1v) is 17.7. The molecule has 0 aromatic heterocycles. The lowest BCUT2D eigenvalue weighted by molar-refractivity contribution is -0.117. The molecule has 0 aliphatic heterocycles. The number of phenols is 2. The Morgan fingerprint density at radius 1 is 1.08 bits per heavy atom. The van der Waals surface area contributed by atoms with E-state index >= 15 is 0 Å². The average Bonchev–Trinajstić information content (AvgIpc) is 3.57. The van der Waals surface area contributed by atoms with Crippen LogP contribution in [-0.2, 0) is 20.7 Å². The van der Waals surface area contributed by atoms with Crippen LogP contribution in [0, 0.1) is 17.8 Å². The highest BCUT2D eigenvalue weighted by atomic mass is 16.5. The molecule has 4 atom stereocenters. The van der Waals surface area contributed by atoms with Crippen molar-refractivity contribution < 1.29 is 29.3 Å². The van der Waals surface area contributed by atoms with Gasteiger partial charge in [0.05, 0.1) is 18.1 Å². The SMILES string of the molecule is CCCC=CC(=O)CCc1cc(OC2CCCC2)c(O)c2c1C#C[C@@H](c1cccc(O)c1)[C@H](N=C(N)N)CCC(COC)[C@H]2CCC(C)=O. The molecule has 2 aromatic rings. The van der Waals surface area contributed by atoms with Gasteiger partial charge in [0.1, 0.15) is 11.5 Å². The monoisotopic (exact) mass is 671 g/mol. The van der Waals surface area contributed by atoms with Crippen molar-refractivity contribution in [2.45, 2.75) is 115 Å². The van der Waals surface area contributed by atoms with Crippen LogP contribution in [0.2, 0.25) is 0 Å². The fourth-order valence-corrected chi connectivity index (χ4v) is 7.17. The molecule has 0 saturated heterocycles. The lowest BCUT2D eigenvalue weighted by atomic mass is 9.74. The molecule has 49 heavy (non-hydrogen) atoms. The first kappa shape index (κ1) is 37.5. The van der Waals surface area contributed by atoms with Crippen LogP contribution in [0.5, 0.6) is 17.2 Å². The van der Waals surface area contributed by atoms with Crippen LogP contribution in [0.1, 0.15) is 119 Å². The maximum Gasteiger partial charge on any atom is 0.186 e. The van der Waals surface area contributed by atoms with Crippen molar-refractivity contribution in [3.05, 3.63) is 64.7 Å². The summed E-state index contributed by atoms with van der Waals surface area (Å²) in [6.07, 6.45) is 11.8. The van der Waals surface area contributed by atoms with E-state index in [9.17, 15) is 19.8 Å². The average molecular weight is 672 g/mol. The molecule has 0 amide bonds. The number of benzene rings is 2. The number of nitrogens with zero attached hydrogens (tertiary/aromatic N) is 1. The highest BCUT2D eigenvalue weighted by molar-refractivity contribution is 5.89. The number of ether oxygens (including phenoxy) is 2. The molecular formula is C40H53N3O6. The maximum absolute atomic E-state index is 13.0. The molecule has 2 aliphatic rings. The summed E-state index contributed by atoms with van der Waals surface area (Å²) in [5.74, 6) is 6.45. The standard InChI is InChI=1S/C40H53N3O6/c1-4-5-6-11-30(45)18-16-28-24-37(49-32-13-7-8-14-32)39(47)38-34(28)21-20-33(27-10-9-12-31(46)23-27)36(43-40(41)42)22-17-29(25-48-3)35(38)19-15-26(2)44/h6,9-12,23-24,29,32-33,35-36,46-47H,4-5,7-8,13-19,22,25H2,1-3H3,(H4,41,42,43)/t29?,33-,35+,36+/m0/s1. The van der Waals surface area contributed by atoms with Gasteiger partial charge in [-0.25, -0.2) is 4.99 Å². The van der Waals surface area contributed by atoms with Gasteiger partial charge in [-0.15, -0.1) is 0 Å². The first-order valence-electron chi connectivity index (χ1n) is 17.7. The van der Waals surface area contributed by atoms with Crippen LogP contribution in [0.25, 0.3) is 0 Å². The molecular weight excluding hydrogens is 618 g/mol. The van der Waals surface area contributed by atoms with E-state index in [4.69, 9.17) is 20.9 Å². The molecule has 4 rings (SSSR count). The number of rotatable bonds is 15. The van der Waals surface area contributed by atoms with E-state index in [0.29, 0.717) is 55.6 Å². The summed E-state index contributed by atoms with van der Waals surface area (Å²) in [6.45, 7) is 4.01. The number of aromatic hydroxyl groups is 2. The largest absolute Gasteiger partial charge is 0.508 e. The smallest absolute Gasteiger partial charge is 0.186 e. The summed E-state index contributed by atoms with van der Waals surface area (Å²) in [5, 5.41) is 22.6. The van der Waals surface area contributed by atoms with Gasteiger partial charge in [-0.05, 0) is 112 Å². The molecule has 1 fully saturated rings. The number of unbranched alkanes of at least 4 members (excludes halogenated alkanes) is 1. The Morgan fingerprint density at radius 3 is 2.53 bits per heavy atom. The van der Waals surface area contributed by atoms with Gasteiger partial charge in [-0.1, -0.05) is 43.4 Å². The van der Waals surface area contributed by atoms with E-state index in [1.807, 2.05) is 18.2 Å². The number of methoxy groups -OCH3 is 1. The zero-order chi connectivity index (χ0) is 35.3. The number of allylic oxidation sites excluding steroid dienone is 2. The van der Waals surface area contributed by atoms with Gasteiger partial charge in [0.15, 0.2) is 23.2 Å². The molecule has 0 spiro atoms. The van der Waals surface area contributed by atoms with Crippen molar-refractivity contribution in [1.29, 1.82) is 0 Å². The Hall–Kier alpha value is -4.29. The van der Waals surface area contributed by atoms with E-state index in [0.717, 1.165) is 49.7 Å². The lowest BCUT2D eigenvalue weighted by Crippen LogP contribution is -2.29. The van der Waals surface area contributed by atoms with Gasteiger partial charge in [-0.3, -0.25) is 4.79 Å². The van der Waals surface area contributed by atoms with E-state index < -0.39 is 12.0 Å². The summed E-state index contributed by atoms with van der Waals surface area (Å²) in [4.78, 5) is 30.0. The molecule has 0 bridgehead atoms. The Morgan fingerprint density at radius 2 is 1.86 bits per heavy atom. The second-order valence-electron chi connectivity index (χ2n) is 13.5. The van der Waals surface area contributed by atoms with Crippen LogP contribution >= 0.6 is 0 Å². The van der Waals surface area contributed by atoms with Gasteiger partial charge in [0, 0.05) is 37.7 Å². The van der Waals surface area contributed by atoms with Gasteiger partial charge in [0.2, 0.25) is 0 Å². The summed E-state index contributed by atoms with van der Waals surface area (Å²) >= 11 is 0. The van der Waals surface area contributed by atoms with Gasteiger partial charge >= 0.3 is 0 Å². The zero-order valence-corrected chi connectivity index (χ0v) is 29.2. The number of aliphatic imine (C=N–C) groups is 1. The first-order chi connectivity index (χ1) is 23.6. The van der Waals surface area contributed by atoms with E-state index in [1.165, 1.54) is 0 Å². The van der Waals surface area contributed by atoms with Crippen LogP contribution in [0.15, 0.2) is 47.5 Å². The number of nitrogens with two attached hydrogens (primary N) is 2. The second-order valence-corrected chi connectivity index (χ2v) is 13.5. The van der Waals surface area contributed by atoms with Crippen molar-refractivity contribution in [2.75, 3.05) is 13.7 Å². The lowest BCUT2D eigenvalue weighted by Gasteiger charge is -2.32.